The summed E-state index contributed by atoms with van der Waals surface area (Å²) in [6.07, 6.45) is 6.80. The number of nitrogens with zero attached hydrogens (tertiary/aromatic N) is 1. The molecule has 13 heavy (non-hydrogen) atoms. The maximum Gasteiger partial charge on any atom is 0.0327 e. The molecule has 0 atom stereocenters. The Kier molecular flexibility index (Phi) is 4.20. The molecule has 0 bridgehead atoms. The summed E-state index contributed by atoms with van der Waals surface area (Å²) < 4.78 is 0. The molecular weight excluding hydrogens is 160 g/mol. The van der Waals surface area contributed by atoms with Crippen molar-refractivity contribution in [2.75, 3.05) is 27.2 Å². The first-order chi connectivity index (χ1) is 6.21. The molecule has 0 heterocycles. The molecule has 0 amide bonds. The highest BCUT2D eigenvalue weighted by Crippen LogP contribution is 2.32. The van der Waals surface area contributed by atoms with Gasteiger partial charge in [0, 0.05) is 12.1 Å². The van der Waals surface area contributed by atoms with Gasteiger partial charge in [0.2, 0.25) is 0 Å². The summed E-state index contributed by atoms with van der Waals surface area (Å²) in [6, 6.07) is 0. The molecular formula is C11H24N2. The summed E-state index contributed by atoms with van der Waals surface area (Å²) >= 11 is 0. The fourth-order valence-corrected chi connectivity index (χ4v) is 2.31. The van der Waals surface area contributed by atoms with Crippen molar-refractivity contribution in [3.8, 4) is 0 Å². The molecule has 0 radical (unpaired) electrons. The molecule has 1 saturated carbocycles. The number of hydrogen-bond donors (Lipinski definition) is 1. The zero-order valence-electron chi connectivity index (χ0n) is 9.40. The summed E-state index contributed by atoms with van der Waals surface area (Å²) in [5.41, 5.74) is 0.467. The lowest BCUT2D eigenvalue weighted by atomic mass is 9.96. The molecule has 2 nitrogen and oxygen atoms in total. The molecule has 1 aliphatic carbocycles. The maximum atomic E-state index is 3.56. The molecule has 0 aromatic carbocycles. The van der Waals surface area contributed by atoms with Gasteiger partial charge < -0.3 is 10.2 Å². The van der Waals surface area contributed by atoms with Crippen molar-refractivity contribution in [3.05, 3.63) is 0 Å². The van der Waals surface area contributed by atoms with Gasteiger partial charge in [0.05, 0.1) is 0 Å². The average molecular weight is 184 g/mol. The Morgan fingerprint density at radius 2 is 1.85 bits per heavy atom. The molecule has 0 unspecified atom stereocenters. The third-order valence-electron chi connectivity index (χ3n) is 3.36. The second-order valence-corrected chi connectivity index (χ2v) is 4.50. The molecule has 0 spiro atoms. The van der Waals surface area contributed by atoms with E-state index in [1.165, 1.54) is 38.6 Å². The molecule has 0 aliphatic heterocycles. The van der Waals surface area contributed by atoms with Gasteiger partial charge in [-0.25, -0.2) is 0 Å². The fraction of sp³-hybridized carbons (Fsp3) is 1.00. The summed E-state index contributed by atoms with van der Waals surface area (Å²) in [6.45, 7) is 4.56. The Hall–Kier alpha value is -0.0800. The van der Waals surface area contributed by atoms with Gasteiger partial charge in [-0.1, -0.05) is 19.8 Å². The van der Waals surface area contributed by atoms with Crippen LogP contribution in [0.3, 0.4) is 0 Å². The summed E-state index contributed by atoms with van der Waals surface area (Å²) in [7, 11) is 4.44. The summed E-state index contributed by atoms with van der Waals surface area (Å²) in [4.78, 5) is 2.42. The summed E-state index contributed by atoms with van der Waals surface area (Å²) in [5.74, 6) is 0. The molecule has 1 aliphatic rings. The lowest BCUT2D eigenvalue weighted by molar-refractivity contribution is 0.154. The Morgan fingerprint density at radius 1 is 1.23 bits per heavy atom. The average Bonchev–Trinajstić information content (AvgIpc) is 2.55. The Bertz CT molecular complexity index is 137. The zero-order valence-corrected chi connectivity index (χ0v) is 9.40. The van der Waals surface area contributed by atoms with Crippen LogP contribution in [0, 0.1) is 0 Å². The Balaban J connectivity index is 2.38. The van der Waals surface area contributed by atoms with Crippen molar-refractivity contribution < 1.29 is 0 Å². The molecule has 1 N–H and O–H groups in total. The van der Waals surface area contributed by atoms with E-state index >= 15 is 0 Å². The van der Waals surface area contributed by atoms with Crippen molar-refractivity contribution in [1.82, 2.24) is 10.2 Å². The first kappa shape index (κ1) is 11.0. The normalized spacial score (nSPS) is 21.2. The van der Waals surface area contributed by atoms with Crippen LogP contribution in [0.15, 0.2) is 0 Å². The Labute approximate surface area is 82.7 Å². The van der Waals surface area contributed by atoms with Crippen LogP contribution in [-0.2, 0) is 0 Å². The van der Waals surface area contributed by atoms with Gasteiger partial charge in [0.25, 0.3) is 0 Å². The van der Waals surface area contributed by atoms with Crippen molar-refractivity contribution in [2.24, 2.45) is 0 Å². The van der Waals surface area contributed by atoms with Gasteiger partial charge >= 0.3 is 0 Å². The second-order valence-electron chi connectivity index (χ2n) is 4.50. The van der Waals surface area contributed by atoms with Crippen LogP contribution in [-0.4, -0.2) is 37.6 Å². The van der Waals surface area contributed by atoms with Gasteiger partial charge in [-0.15, -0.1) is 0 Å². The molecule has 78 valence electrons. The predicted molar refractivity (Wildman–Crippen MR) is 58.0 cm³/mol. The van der Waals surface area contributed by atoms with Crippen molar-refractivity contribution in [3.63, 3.8) is 0 Å². The minimum atomic E-state index is 0.467. The lowest BCUT2D eigenvalue weighted by Crippen LogP contribution is -2.49. The van der Waals surface area contributed by atoms with E-state index in [1.54, 1.807) is 0 Å². The molecule has 0 saturated heterocycles. The molecule has 0 aromatic rings. The fourth-order valence-electron chi connectivity index (χ4n) is 2.31. The maximum absolute atomic E-state index is 3.56. The highest BCUT2D eigenvalue weighted by atomic mass is 15.2. The van der Waals surface area contributed by atoms with Gasteiger partial charge in [0.15, 0.2) is 0 Å². The third kappa shape index (κ3) is 2.68. The number of hydrogen-bond acceptors (Lipinski definition) is 2. The van der Waals surface area contributed by atoms with Crippen LogP contribution in [0.25, 0.3) is 0 Å². The van der Waals surface area contributed by atoms with E-state index in [-0.39, 0.29) is 0 Å². The van der Waals surface area contributed by atoms with Crippen LogP contribution >= 0.6 is 0 Å². The minimum absolute atomic E-state index is 0.467. The first-order valence-corrected chi connectivity index (χ1v) is 5.59. The van der Waals surface area contributed by atoms with Crippen molar-refractivity contribution >= 4 is 0 Å². The predicted octanol–water partition coefficient (Wildman–Crippen LogP) is 1.86. The third-order valence-corrected chi connectivity index (χ3v) is 3.36. The second kappa shape index (κ2) is 4.97. The molecule has 2 heteroatoms. The van der Waals surface area contributed by atoms with E-state index in [4.69, 9.17) is 0 Å². The van der Waals surface area contributed by atoms with E-state index in [0.717, 1.165) is 6.54 Å². The van der Waals surface area contributed by atoms with Crippen LogP contribution in [0.4, 0.5) is 0 Å². The van der Waals surface area contributed by atoms with E-state index in [9.17, 15) is 0 Å². The monoisotopic (exact) mass is 184 g/mol. The highest BCUT2D eigenvalue weighted by Gasteiger charge is 2.35. The van der Waals surface area contributed by atoms with Crippen LogP contribution in [0.5, 0.6) is 0 Å². The van der Waals surface area contributed by atoms with Gasteiger partial charge in [0.1, 0.15) is 0 Å². The van der Waals surface area contributed by atoms with E-state index in [2.05, 4.69) is 31.2 Å². The van der Waals surface area contributed by atoms with Gasteiger partial charge in [-0.2, -0.15) is 0 Å². The van der Waals surface area contributed by atoms with E-state index in [1.807, 2.05) is 0 Å². The number of nitrogens with one attached hydrogen (secondary N) is 1. The van der Waals surface area contributed by atoms with Crippen LogP contribution < -0.4 is 5.32 Å². The van der Waals surface area contributed by atoms with Crippen LogP contribution in [0.1, 0.15) is 39.0 Å². The summed E-state index contributed by atoms with van der Waals surface area (Å²) in [5, 5.41) is 3.56. The van der Waals surface area contributed by atoms with E-state index < -0.39 is 0 Å². The molecule has 1 fully saturated rings. The Morgan fingerprint density at radius 3 is 2.31 bits per heavy atom. The van der Waals surface area contributed by atoms with Gasteiger partial charge in [-0.05, 0) is 39.9 Å². The number of likely N-dealkylation sites (N-methyl/N-ethyl adjacent to an activating group) is 1. The first-order valence-electron chi connectivity index (χ1n) is 5.59. The topological polar surface area (TPSA) is 15.3 Å². The molecule has 1 rings (SSSR count). The lowest BCUT2D eigenvalue weighted by Gasteiger charge is -2.36. The zero-order chi connectivity index (χ0) is 9.73. The standard InChI is InChI=1S/C11H24N2/c1-4-9-12-10-11(13(2)3)7-5-6-8-11/h12H,4-10H2,1-3H3. The SMILES string of the molecule is CCCNCC1(N(C)C)CCCC1. The smallest absolute Gasteiger partial charge is 0.0327 e. The van der Waals surface area contributed by atoms with Crippen molar-refractivity contribution in [1.29, 1.82) is 0 Å². The number of rotatable bonds is 5. The quantitative estimate of drug-likeness (QED) is 0.656. The largest absolute Gasteiger partial charge is 0.315 e. The molecule has 0 aromatic heterocycles. The minimum Gasteiger partial charge on any atom is -0.315 e. The highest BCUT2D eigenvalue weighted by molar-refractivity contribution is 4.94. The van der Waals surface area contributed by atoms with Gasteiger partial charge in [-0.3, -0.25) is 0 Å². The van der Waals surface area contributed by atoms with E-state index in [0.29, 0.717) is 5.54 Å². The van der Waals surface area contributed by atoms with Crippen molar-refractivity contribution in [2.45, 2.75) is 44.6 Å². The van der Waals surface area contributed by atoms with Crippen LogP contribution in [0.2, 0.25) is 0 Å².